The smallest absolute Gasteiger partial charge is 0.421 e. The van der Waals surface area contributed by atoms with Crippen molar-refractivity contribution in [1.29, 1.82) is 0 Å². The molecule has 0 heterocycles. The van der Waals surface area contributed by atoms with Crippen molar-refractivity contribution in [3.05, 3.63) is 76.6 Å². The van der Waals surface area contributed by atoms with E-state index in [1.54, 1.807) is 12.1 Å². The van der Waals surface area contributed by atoms with Gasteiger partial charge >= 0.3 is 12.2 Å². The number of halogens is 7. The highest BCUT2D eigenvalue weighted by atomic mass is 19.3. The summed E-state index contributed by atoms with van der Waals surface area (Å²) in [5.41, 5.74) is 1.39. The first-order chi connectivity index (χ1) is 12.6. The minimum absolute atomic E-state index is 0.215. The predicted octanol–water partition coefficient (Wildman–Crippen LogP) is 5.98. The quantitative estimate of drug-likeness (QED) is 0.463. The third-order valence-corrected chi connectivity index (χ3v) is 3.36. The molecule has 27 heavy (non-hydrogen) atoms. The molecule has 0 atom stereocenters. The number of ether oxygens (including phenoxy) is 1. The highest BCUT2D eigenvalue weighted by molar-refractivity contribution is 5.46. The molecule has 0 aliphatic rings. The molecule has 0 aromatic heterocycles. The molecule has 0 saturated carbocycles. The lowest BCUT2D eigenvalue weighted by Crippen LogP contribution is -2.27. The van der Waals surface area contributed by atoms with Gasteiger partial charge in [0, 0.05) is 11.1 Å². The van der Waals surface area contributed by atoms with Crippen molar-refractivity contribution in [1.82, 2.24) is 0 Å². The summed E-state index contributed by atoms with van der Waals surface area (Å²) in [4.78, 5) is 0. The minimum atomic E-state index is -5.23. The summed E-state index contributed by atoms with van der Waals surface area (Å²) in [6, 6.07) is 8.14. The van der Waals surface area contributed by atoms with Gasteiger partial charge in [0.2, 0.25) is 0 Å². The molecule has 0 aliphatic carbocycles. The Bertz CT molecular complexity index is 894. The monoisotopic (exact) mass is 388 g/mol. The third-order valence-electron chi connectivity index (χ3n) is 3.36. The molecule has 2 aromatic rings. The van der Waals surface area contributed by atoms with Crippen molar-refractivity contribution >= 4 is 0 Å². The van der Waals surface area contributed by atoms with E-state index < -0.39 is 35.4 Å². The molecule has 2 aromatic carbocycles. The van der Waals surface area contributed by atoms with Crippen molar-refractivity contribution in [3.63, 3.8) is 0 Å². The van der Waals surface area contributed by atoms with E-state index in [9.17, 15) is 30.7 Å². The second kappa shape index (κ2) is 8.16. The van der Waals surface area contributed by atoms with E-state index in [2.05, 4.69) is 16.6 Å². The number of benzene rings is 2. The fraction of sp³-hybridized carbons (Fsp3) is 0.158. The van der Waals surface area contributed by atoms with Crippen LogP contribution in [0.1, 0.15) is 23.6 Å². The van der Waals surface area contributed by atoms with Crippen molar-refractivity contribution in [2.45, 2.75) is 19.5 Å². The Morgan fingerprint density at radius 2 is 1.44 bits per heavy atom. The number of alkyl halides is 2. The molecule has 0 unspecified atom stereocenters. The average molecular weight is 388 g/mol. The van der Waals surface area contributed by atoms with E-state index in [4.69, 9.17) is 0 Å². The Balaban J connectivity index is 2.29. The summed E-state index contributed by atoms with van der Waals surface area (Å²) < 4.78 is 94.0. The number of hydrogen-bond acceptors (Lipinski definition) is 1. The van der Waals surface area contributed by atoms with E-state index in [1.807, 2.05) is 19.1 Å². The van der Waals surface area contributed by atoms with Crippen LogP contribution in [0.25, 0.3) is 0 Å². The van der Waals surface area contributed by atoms with Gasteiger partial charge < -0.3 is 4.74 Å². The van der Waals surface area contributed by atoms with Gasteiger partial charge in [-0.25, -0.2) is 8.78 Å². The summed E-state index contributed by atoms with van der Waals surface area (Å²) in [7, 11) is 0. The number of rotatable bonds is 4. The molecule has 0 aliphatic heterocycles. The Morgan fingerprint density at radius 1 is 0.926 bits per heavy atom. The molecular formula is C19H11F7O. The van der Waals surface area contributed by atoms with Gasteiger partial charge in [-0.1, -0.05) is 30.9 Å². The summed E-state index contributed by atoms with van der Waals surface area (Å²) in [5.74, 6) is -3.16. The molecule has 0 bridgehead atoms. The van der Waals surface area contributed by atoms with Crippen LogP contribution in [0.15, 0.2) is 48.3 Å². The topological polar surface area (TPSA) is 9.23 Å². The zero-order chi connectivity index (χ0) is 20.2. The van der Waals surface area contributed by atoms with Crippen LogP contribution >= 0.6 is 0 Å². The lowest BCUT2D eigenvalue weighted by Gasteiger charge is -2.16. The summed E-state index contributed by atoms with van der Waals surface area (Å²) in [6.07, 6.45) is -7.77. The zero-order valence-electron chi connectivity index (χ0n) is 13.7. The fourth-order valence-corrected chi connectivity index (χ4v) is 1.98. The normalized spacial score (nSPS) is 10.8. The molecule has 0 radical (unpaired) electrons. The molecule has 0 N–H and O–H groups in total. The summed E-state index contributed by atoms with van der Waals surface area (Å²) in [5, 5.41) is 0. The Morgan fingerprint density at radius 3 is 1.93 bits per heavy atom. The van der Waals surface area contributed by atoms with E-state index in [0.717, 1.165) is 12.0 Å². The van der Waals surface area contributed by atoms with Gasteiger partial charge in [0.1, 0.15) is 0 Å². The standard InChI is InChI=1S/C19H11F7O/c1-2-11-3-5-12(6-4-11)7-8-13-9-14(20)16(15(21)10-13)27-19(25,26)17(22)18(23)24/h3-6,9-10H,2H2,1H3. The average Bonchev–Trinajstić information content (AvgIpc) is 2.62. The first-order valence-corrected chi connectivity index (χ1v) is 7.52. The van der Waals surface area contributed by atoms with Crippen LogP contribution in [0.5, 0.6) is 5.75 Å². The molecule has 8 heteroatoms. The van der Waals surface area contributed by atoms with Crippen molar-refractivity contribution in [3.8, 4) is 17.6 Å². The fourth-order valence-electron chi connectivity index (χ4n) is 1.98. The van der Waals surface area contributed by atoms with Crippen molar-refractivity contribution in [2.24, 2.45) is 0 Å². The van der Waals surface area contributed by atoms with Gasteiger partial charge in [0.15, 0.2) is 17.4 Å². The van der Waals surface area contributed by atoms with Gasteiger partial charge in [-0.3, -0.25) is 0 Å². The Hall–Kier alpha value is -2.95. The first-order valence-electron chi connectivity index (χ1n) is 7.52. The molecule has 0 fully saturated rings. The van der Waals surface area contributed by atoms with Gasteiger partial charge in [0.25, 0.3) is 5.83 Å². The molecule has 1 nitrogen and oxygen atoms in total. The Labute approximate surface area is 150 Å². The van der Waals surface area contributed by atoms with Gasteiger partial charge in [0.05, 0.1) is 0 Å². The maximum atomic E-state index is 13.8. The molecule has 0 saturated heterocycles. The minimum Gasteiger partial charge on any atom is -0.421 e. The van der Waals surface area contributed by atoms with E-state index in [0.29, 0.717) is 17.7 Å². The van der Waals surface area contributed by atoms with E-state index in [-0.39, 0.29) is 5.56 Å². The molecule has 142 valence electrons. The molecule has 2 rings (SSSR count). The van der Waals surface area contributed by atoms with Crippen LogP contribution in [-0.2, 0) is 6.42 Å². The van der Waals surface area contributed by atoms with Crippen LogP contribution in [0, 0.1) is 23.5 Å². The molecular weight excluding hydrogens is 377 g/mol. The van der Waals surface area contributed by atoms with E-state index >= 15 is 0 Å². The van der Waals surface area contributed by atoms with E-state index in [1.165, 1.54) is 0 Å². The van der Waals surface area contributed by atoms with Crippen molar-refractivity contribution in [2.75, 3.05) is 0 Å². The first kappa shape index (κ1) is 20.4. The summed E-state index contributed by atoms with van der Waals surface area (Å²) in [6.45, 7) is 1.96. The maximum Gasteiger partial charge on any atom is 0.459 e. The highest BCUT2D eigenvalue weighted by Crippen LogP contribution is 2.35. The van der Waals surface area contributed by atoms with Crippen LogP contribution in [0.4, 0.5) is 30.7 Å². The molecule has 0 amide bonds. The lowest BCUT2D eigenvalue weighted by atomic mass is 10.1. The van der Waals surface area contributed by atoms with Gasteiger partial charge in [-0.15, -0.1) is 0 Å². The zero-order valence-corrected chi connectivity index (χ0v) is 13.7. The second-order valence-electron chi connectivity index (χ2n) is 5.26. The number of aryl methyl sites for hydroxylation is 1. The number of hydrogen-bond donors (Lipinski definition) is 0. The third kappa shape index (κ3) is 5.03. The van der Waals surface area contributed by atoms with Crippen LogP contribution in [-0.4, -0.2) is 6.11 Å². The summed E-state index contributed by atoms with van der Waals surface area (Å²) >= 11 is 0. The highest BCUT2D eigenvalue weighted by Gasteiger charge is 2.43. The largest absolute Gasteiger partial charge is 0.459 e. The lowest BCUT2D eigenvalue weighted by molar-refractivity contribution is -0.162. The maximum absolute atomic E-state index is 13.8. The van der Waals surface area contributed by atoms with Crippen molar-refractivity contribution < 1.29 is 35.5 Å². The molecule has 0 spiro atoms. The predicted molar refractivity (Wildman–Crippen MR) is 84.1 cm³/mol. The second-order valence-corrected chi connectivity index (χ2v) is 5.26. The van der Waals surface area contributed by atoms with Crippen LogP contribution < -0.4 is 4.74 Å². The van der Waals surface area contributed by atoms with Crippen LogP contribution in [0.2, 0.25) is 0 Å². The van der Waals surface area contributed by atoms with Crippen LogP contribution in [0.3, 0.4) is 0 Å². The SMILES string of the molecule is CCc1ccc(C#Cc2cc(F)c(OC(F)(F)C(F)=C(F)F)c(F)c2)cc1. The van der Waals surface area contributed by atoms with Gasteiger partial charge in [-0.2, -0.15) is 22.0 Å². The van der Waals surface area contributed by atoms with Gasteiger partial charge in [-0.05, 0) is 36.2 Å². The Kier molecular flexibility index (Phi) is 6.16.